The summed E-state index contributed by atoms with van der Waals surface area (Å²) in [6, 6.07) is 0. The van der Waals surface area contributed by atoms with Crippen LogP contribution < -0.4 is 4.72 Å². The van der Waals surface area contributed by atoms with Gasteiger partial charge in [0.15, 0.2) is 0 Å². The number of nitrogens with zero attached hydrogens (tertiary/aromatic N) is 1. The van der Waals surface area contributed by atoms with E-state index in [4.69, 9.17) is 4.18 Å². The van der Waals surface area contributed by atoms with Crippen molar-refractivity contribution in [3.63, 3.8) is 0 Å². The molecular formula is C3H6NOS. The smallest absolute Gasteiger partial charge is 0.0985 e. The van der Waals surface area contributed by atoms with Gasteiger partial charge in [0.05, 0.1) is 18.8 Å². The van der Waals surface area contributed by atoms with Crippen LogP contribution in [0.2, 0.25) is 0 Å². The molecule has 1 heterocycles. The van der Waals surface area contributed by atoms with Gasteiger partial charge in [-0.3, -0.25) is 0 Å². The van der Waals surface area contributed by atoms with E-state index in [9.17, 15) is 0 Å². The average Bonchev–Trinajstić information content (AvgIpc) is 1.72. The van der Waals surface area contributed by atoms with Crippen molar-refractivity contribution in [3.8, 4) is 0 Å². The van der Waals surface area contributed by atoms with Gasteiger partial charge in [-0.05, 0) is 6.42 Å². The lowest BCUT2D eigenvalue weighted by atomic mass is 10.5. The number of rotatable bonds is 0. The molecule has 1 radical (unpaired) electrons. The maximum atomic E-state index is 4.82. The molecule has 1 aliphatic heterocycles. The molecule has 3 heteroatoms. The molecule has 0 spiro atoms. The maximum absolute atomic E-state index is 4.82. The molecule has 0 aromatic carbocycles. The third kappa shape index (κ3) is 1.16. The van der Waals surface area contributed by atoms with Gasteiger partial charge in [-0.2, -0.15) is 0 Å². The van der Waals surface area contributed by atoms with Crippen LogP contribution in [0.3, 0.4) is 0 Å². The normalized spacial score (nSPS) is 24.0. The minimum atomic E-state index is 0.869. The highest BCUT2D eigenvalue weighted by Crippen LogP contribution is 2.04. The van der Waals surface area contributed by atoms with Gasteiger partial charge in [0, 0.05) is 6.54 Å². The summed E-state index contributed by atoms with van der Waals surface area (Å²) < 4.78 is 8.69. The Morgan fingerprint density at radius 3 is 2.83 bits per heavy atom. The van der Waals surface area contributed by atoms with Gasteiger partial charge in [0.2, 0.25) is 0 Å². The van der Waals surface area contributed by atoms with Crippen molar-refractivity contribution in [3.05, 3.63) is 0 Å². The zero-order valence-electron chi connectivity index (χ0n) is 3.39. The lowest BCUT2D eigenvalue weighted by Gasteiger charge is -2.05. The monoisotopic (exact) mass is 104 g/mol. The fourth-order valence-electron chi connectivity index (χ4n) is 0.300. The molecule has 0 unspecified atom stereocenters. The highest BCUT2D eigenvalue weighted by molar-refractivity contribution is 7.92. The fraction of sp³-hybridized carbons (Fsp3) is 1.00. The lowest BCUT2D eigenvalue weighted by Crippen LogP contribution is -2.07. The SMILES string of the molecule is C1C[N]SOC1. The Balaban J connectivity index is 2.00. The summed E-state index contributed by atoms with van der Waals surface area (Å²) in [6.07, 6.45) is 1.09. The molecule has 0 bridgehead atoms. The molecule has 0 atom stereocenters. The van der Waals surface area contributed by atoms with E-state index in [0.29, 0.717) is 0 Å². The highest BCUT2D eigenvalue weighted by atomic mass is 32.2. The second-order valence-corrected chi connectivity index (χ2v) is 1.75. The summed E-state index contributed by atoms with van der Waals surface area (Å²) in [6.45, 7) is 1.83. The number of hydrogen-bond donors (Lipinski definition) is 0. The van der Waals surface area contributed by atoms with Gasteiger partial charge in [0.1, 0.15) is 0 Å². The van der Waals surface area contributed by atoms with Crippen LogP contribution in [0.4, 0.5) is 0 Å². The van der Waals surface area contributed by atoms with E-state index in [-0.39, 0.29) is 0 Å². The molecular weight excluding hydrogens is 98.1 g/mol. The number of hydrogen-bond acceptors (Lipinski definition) is 2. The fourth-order valence-corrected chi connectivity index (χ4v) is 0.770. The molecule has 0 amide bonds. The predicted molar refractivity (Wildman–Crippen MR) is 25.2 cm³/mol. The van der Waals surface area contributed by atoms with E-state index in [1.54, 1.807) is 0 Å². The van der Waals surface area contributed by atoms with Crippen molar-refractivity contribution in [2.24, 2.45) is 0 Å². The topological polar surface area (TPSA) is 23.3 Å². The van der Waals surface area contributed by atoms with E-state index in [1.807, 2.05) is 0 Å². The summed E-state index contributed by atoms with van der Waals surface area (Å²) in [5.41, 5.74) is 0. The van der Waals surface area contributed by atoms with Gasteiger partial charge in [-0.1, -0.05) is 0 Å². The molecule has 1 fully saturated rings. The van der Waals surface area contributed by atoms with Gasteiger partial charge in [-0.25, -0.2) is 0 Å². The van der Waals surface area contributed by atoms with E-state index in [0.717, 1.165) is 19.6 Å². The lowest BCUT2D eigenvalue weighted by molar-refractivity contribution is 0.341. The summed E-state index contributed by atoms with van der Waals surface area (Å²) in [5, 5.41) is 0. The Labute approximate surface area is 41.6 Å². The molecule has 1 saturated heterocycles. The van der Waals surface area contributed by atoms with Crippen LogP contribution in [0.25, 0.3) is 0 Å². The Morgan fingerprint density at radius 2 is 2.67 bits per heavy atom. The van der Waals surface area contributed by atoms with E-state index in [1.165, 1.54) is 12.2 Å². The predicted octanol–water partition coefficient (Wildman–Crippen LogP) is 0.574. The van der Waals surface area contributed by atoms with Crippen LogP contribution in [0.1, 0.15) is 6.42 Å². The van der Waals surface area contributed by atoms with Crippen molar-refractivity contribution >= 4 is 12.2 Å². The highest BCUT2D eigenvalue weighted by Gasteiger charge is 1.96. The molecule has 2 nitrogen and oxygen atoms in total. The molecule has 0 aliphatic carbocycles. The van der Waals surface area contributed by atoms with E-state index >= 15 is 0 Å². The largest absolute Gasteiger partial charge is 0.300 e. The molecule has 35 valence electrons. The van der Waals surface area contributed by atoms with E-state index < -0.39 is 0 Å². The quantitative estimate of drug-likeness (QED) is 0.331. The minimum Gasteiger partial charge on any atom is -0.300 e. The molecule has 6 heavy (non-hydrogen) atoms. The van der Waals surface area contributed by atoms with Gasteiger partial charge in [-0.15, -0.1) is 4.72 Å². The van der Waals surface area contributed by atoms with Crippen LogP contribution in [-0.4, -0.2) is 13.2 Å². The van der Waals surface area contributed by atoms with Crippen molar-refractivity contribution in [2.45, 2.75) is 6.42 Å². The Bertz CT molecular complexity index is 26.3. The zero-order chi connectivity index (χ0) is 4.24. The first-order chi connectivity index (χ1) is 3.00. The van der Waals surface area contributed by atoms with Gasteiger partial charge >= 0.3 is 0 Å². The van der Waals surface area contributed by atoms with Crippen molar-refractivity contribution in [1.29, 1.82) is 0 Å². The van der Waals surface area contributed by atoms with Gasteiger partial charge < -0.3 is 4.18 Å². The minimum absolute atomic E-state index is 0.869. The van der Waals surface area contributed by atoms with Crippen LogP contribution >= 0.6 is 12.2 Å². The van der Waals surface area contributed by atoms with Crippen LogP contribution in [-0.2, 0) is 4.18 Å². The Hall–Kier alpha value is 0.270. The van der Waals surface area contributed by atoms with Gasteiger partial charge in [0.25, 0.3) is 0 Å². The zero-order valence-corrected chi connectivity index (χ0v) is 4.20. The summed E-state index contributed by atoms with van der Waals surface area (Å²) in [5.74, 6) is 0. The summed E-state index contributed by atoms with van der Waals surface area (Å²) >= 11 is 1.22. The summed E-state index contributed by atoms with van der Waals surface area (Å²) in [4.78, 5) is 0. The third-order valence-electron chi connectivity index (χ3n) is 0.582. The molecule has 0 saturated carbocycles. The van der Waals surface area contributed by atoms with Crippen molar-refractivity contribution in [2.75, 3.05) is 13.2 Å². The Morgan fingerprint density at radius 1 is 1.67 bits per heavy atom. The standard InChI is InChI=1S/C3H6NOS/c1-2-4-6-5-3-1/h1-3H2. The first-order valence-corrected chi connectivity index (χ1v) is 2.65. The molecule has 1 aliphatic rings. The van der Waals surface area contributed by atoms with Crippen LogP contribution in [0.5, 0.6) is 0 Å². The Kier molecular flexibility index (Phi) is 1.80. The van der Waals surface area contributed by atoms with Crippen molar-refractivity contribution < 1.29 is 4.18 Å². The third-order valence-corrected chi connectivity index (χ3v) is 1.14. The van der Waals surface area contributed by atoms with E-state index in [2.05, 4.69) is 4.72 Å². The molecule has 0 aromatic heterocycles. The second kappa shape index (κ2) is 2.44. The first kappa shape index (κ1) is 4.43. The van der Waals surface area contributed by atoms with Crippen LogP contribution in [0.15, 0.2) is 0 Å². The molecule has 1 rings (SSSR count). The van der Waals surface area contributed by atoms with Crippen LogP contribution in [0, 0.1) is 0 Å². The van der Waals surface area contributed by atoms with Crippen molar-refractivity contribution in [1.82, 2.24) is 4.72 Å². The first-order valence-electron chi connectivity index (χ1n) is 1.95. The summed E-state index contributed by atoms with van der Waals surface area (Å²) in [7, 11) is 0. The molecule has 0 aromatic rings. The maximum Gasteiger partial charge on any atom is 0.0985 e. The molecule has 0 N–H and O–H groups in total. The average molecular weight is 104 g/mol. The second-order valence-electron chi connectivity index (χ2n) is 1.10.